The monoisotopic (exact) mass is 362 g/mol. The number of benzene rings is 2. The van der Waals surface area contributed by atoms with Gasteiger partial charge >= 0.3 is 5.97 Å². The fourth-order valence-electron chi connectivity index (χ4n) is 2.00. The Morgan fingerprint density at radius 3 is 2.44 bits per heavy atom. The lowest BCUT2D eigenvalue weighted by Gasteiger charge is -2.08. The maximum Gasteiger partial charge on any atom is 0.338 e. The Hall–Kier alpha value is -2.93. The van der Waals surface area contributed by atoms with E-state index in [1.54, 1.807) is 12.1 Å². The van der Waals surface area contributed by atoms with Gasteiger partial charge < -0.3 is 10.1 Å². The average Bonchev–Trinajstić information content (AvgIpc) is 2.61. The van der Waals surface area contributed by atoms with Crippen molar-refractivity contribution >= 4 is 34.9 Å². The Kier molecular flexibility index (Phi) is 6.08. The molecule has 1 amide bonds. The van der Waals surface area contributed by atoms with Gasteiger partial charge in [-0.1, -0.05) is 30.7 Å². The molecule has 0 unspecified atom stereocenters. The first kappa shape index (κ1) is 18.4. The van der Waals surface area contributed by atoms with Crippen molar-refractivity contribution in [3.8, 4) is 0 Å². The van der Waals surface area contributed by atoms with Crippen LogP contribution in [0.25, 0.3) is 0 Å². The van der Waals surface area contributed by atoms with Crippen molar-refractivity contribution in [2.24, 2.45) is 0 Å². The standard InChI is InChI=1S/C17H15ClN2O5/c1-2-11-3-5-12(6-4-11)17(22)25-10-16(21)19-15-8-7-13(20(23)24)9-14(15)18/h3-9H,2,10H2,1H3,(H,19,21). The summed E-state index contributed by atoms with van der Waals surface area (Å²) in [4.78, 5) is 33.8. The van der Waals surface area contributed by atoms with Crippen LogP contribution in [0.3, 0.4) is 0 Å². The highest BCUT2D eigenvalue weighted by Gasteiger charge is 2.13. The fourth-order valence-corrected chi connectivity index (χ4v) is 2.22. The van der Waals surface area contributed by atoms with Gasteiger partial charge in [-0.15, -0.1) is 0 Å². The van der Waals surface area contributed by atoms with Gasteiger partial charge in [0.15, 0.2) is 6.61 Å². The molecule has 0 aliphatic carbocycles. The molecule has 0 spiro atoms. The molecular formula is C17H15ClN2O5. The second-order valence-corrected chi connectivity index (χ2v) is 5.50. The number of halogens is 1. The Balaban J connectivity index is 1.91. The van der Waals surface area contributed by atoms with Crippen molar-refractivity contribution in [1.82, 2.24) is 0 Å². The molecule has 0 heterocycles. The van der Waals surface area contributed by atoms with Crippen molar-refractivity contribution < 1.29 is 19.2 Å². The normalized spacial score (nSPS) is 10.2. The van der Waals surface area contributed by atoms with Gasteiger partial charge in [-0.2, -0.15) is 0 Å². The number of nitrogens with one attached hydrogen (secondary N) is 1. The van der Waals surface area contributed by atoms with Crippen LogP contribution in [0.15, 0.2) is 42.5 Å². The molecule has 1 N–H and O–H groups in total. The van der Waals surface area contributed by atoms with E-state index in [0.717, 1.165) is 18.1 Å². The maximum absolute atomic E-state index is 11.9. The summed E-state index contributed by atoms with van der Waals surface area (Å²) in [5.41, 5.74) is 1.44. The molecule has 7 nitrogen and oxygen atoms in total. The number of ether oxygens (including phenoxy) is 1. The molecule has 2 rings (SSSR count). The molecule has 0 fully saturated rings. The quantitative estimate of drug-likeness (QED) is 0.481. The van der Waals surface area contributed by atoms with Crippen molar-refractivity contribution in [1.29, 1.82) is 0 Å². The van der Waals surface area contributed by atoms with Gasteiger partial charge in [0.1, 0.15) is 0 Å². The van der Waals surface area contributed by atoms with Crippen molar-refractivity contribution in [3.63, 3.8) is 0 Å². The minimum absolute atomic E-state index is 0.0176. The molecule has 0 saturated heterocycles. The van der Waals surface area contributed by atoms with E-state index in [-0.39, 0.29) is 16.4 Å². The number of rotatable bonds is 6. The minimum Gasteiger partial charge on any atom is -0.452 e. The van der Waals surface area contributed by atoms with Crippen LogP contribution in [0.1, 0.15) is 22.8 Å². The molecule has 130 valence electrons. The summed E-state index contributed by atoms with van der Waals surface area (Å²) in [5, 5.41) is 13.1. The molecule has 0 aliphatic rings. The number of nitrogens with zero attached hydrogens (tertiary/aromatic N) is 1. The van der Waals surface area contributed by atoms with Gasteiger partial charge in [0, 0.05) is 12.1 Å². The number of nitro groups is 1. The number of esters is 1. The molecule has 0 aliphatic heterocycles. The summed E-state index contributed by atoms with van der Waals surface area (Å²) in [6, 6.07) is 10.5. The van der Waals surface area contributed by atoms with E-state index in [9.17, 15) is 19.7 Å². The summed E-state index contributed by atoms with van der Waals surface area (Å²) in [6.45, 7) is 1.50. The minimum atomic E-state index is -0.618. The third-order valence-electron chi connectivity index (χ3n) is 3.37. The van der Waals surface area contributed by atoms with Crippen LogP contribution in [-0.2, 0) is 16.0 Å². The van der Waals surface area contributed by atoms with Crippen LogP contribution in [0.4, 0.5) is 11.4 Å². The largest absolute Gasteiger partial charge is 0.452 e. The zero-order chi connectivity index (χ0) is 18.4. The summed E-state index contributed by atoms with van der Waals surface area (Å²) >= 11 is 5.88. The maximum atomic E-state index is 11.9. The van der Waals surface area contributed by atoms with E-state index in [1.165, 1.54) is 12.1 Å². The number of nitro benzene ring substituents is 1. The van der Waals surface area contributed by atoms with Crippen LogP contribution in [0, 0.1) is 10.1 Å². The van der Waals surface area contributed by atoms with Gasteiger partial charge in [-0.25, -0.2) is 4.79 Å². The first-order valence-electron chi connectivity index (χ1n) is 7.40. The summed E-state index contributed by atoms with van der Waals surface area (Å²) in [7, 11) is 0. The number of carbonyl (C=O) groups is 2. The number of hydrogen-bond acceptors (Lipinski definition) is 5. The SMILES string of the molecule is CCc1ccc(C(=O)OCC(=O)Nc2ccc([N+](=O)[O-])cc2Cl)cc1. The van der Waals surface area contributed by atoms with E-state index in [4.69, 9.17) is 16.3 Å². The number of hydrogen-bond donors (Lipinski definition) is 1. The zero-order valence-corrected chi connectivity index (χ0v) is 14.1. The Morgan fingerprint density at radius 1 is 1.20 bits per heavy atom. The van der Waals surface area contributed by atoms with Gasteiger partial charge in [0.05, 0.1) is 21.2 Å². The van der Waals surface area contributed by atoms with Crippen LogP contribution >= 0.6 is 11.6 Å². The zero-order valence-electron chi connectivity index (χ0n) is 13.3. The highest BCUT2D eigenvalue weighted by atomic mass is 35.5. The highest BCUT2D eigenvalue weighted by molar-refractivity contribution is 6.34. The van der Waals surface area contributed by atoms with Gasteiger partial charge in [-0.05, 0) is 30.2 Å². The number of non-ortho nitro benzene ring substituents is 1. The summed E-state index contributed by atoms with van der Waals surface area (Å²) in [5.74, 6) is -1.22. The molecule has 25 heavy (non-hydrogen) atoms. The van der Waals surface area contributed by atoms with Gasteiger partial charge in [0.25, 0.3) is 11.6 Å². The molecule has 0 aromatic heterocycles. The van der Waals surface area contributed by atoms with Gasteiger partial charge in [-0.3, -0.25) is 14.9 Å². The number of carbonyl (C=O) groups excluding carboxylic acids is 2. The molecule has 0 saturated carbocycles. The lowest BCUT2D eigenvalue weighted by molar-refractivity contribution is -0.384. The van der Waals surface area contributed by atoms with E-state index in [0.29, 0.717) is 5.56 Å². The smallest absolute Gasteiger partial charge is 0.338 e. The van der Waals surface area contributed by atoms with Crippen molar-refractivity contribution in [2.75, 3.05) is 11.9 Å². The Bertz CT molecular complexity index is 805. The molecule has 8 heteroatoms. The molecular weight excluding hydrogens is 348 g/mol. The summed E-state index contributed by atoms with van der Waals surface area (Å²) in [6.07, 6.45) is 0.855. The van der Waals surface area contributed by atoms with E-state index < -0.39 is 23.4 Å². The lowest BCUT2D eigenvalue weighted by atomic mass is 10.1. The number of anilines is 1. The third-order valence-corrected chi connectivity index (χ3v) is 3.68. The van der Waals surface area contributed by atoms with Crippen molar-refractivity contribution in [3.05, 3.63) is 68.7 Å². The summed E-state index contributed by atoms with van der Waals surface area (Å²) < 4.78 is 4.94. The van der Waals surface area contributed by atoms with Crippen LogP contribution in [-0.4, -0.2) is 23.4 Å². The second kappa shape index (κ2) is 8.25. The fraction of sp³-hybridized carbons (Fsp3) is 0.176. The molecule has 0 bridgehead atoms. The van der Waals surface area contributed by atoms with E-state index in [2.05, 4.69) is 5.32 Å². The van der Waals surface area contributed by atoms with Crippen LogP contribution < -0.4 is 5.32 Å². The predicted octanol–water partition coefficient (Wildman–Crippen LogP) is 3.61. The number of aryl methyl sites for hydroxylation is 1. The molecule has 0 atom stereocenters. The predicted molar refractivity (Wildman–Crippen MR) is 92.8 cm³/mol. The molecule has 0 radical (unpaired) electrons. The average molecular weight is 363 g/mol. The Morgan fingerprint density at radius 2 is 1.88 bits per heavy atom. The number of amides is 1. The van der Waals surface area contributed by atoms with E-state index in [1.807, 2.05) is 19.1 Å². The van der Waals surface area contributed by atoms with Crippen LogP contribution in [0.2, 0.25) is 5.02 Å². The first-order valence-corrected chi connectivity index (χ1v) is 7.78. The van der Waals surface area contributed by atoms with Gasteiger partial charge in [0.2, 0.25) is 0 Å². The molecule has 2 aromatic carbocycles. The lowest BCUT2D eigenvalue weighted by Crippen LogP contribution is -2.21. The topological polar surface area (TPSA) is 98.5 Å². The highest BCUT2D eigenvalue weighted by Crippen LogP contribution is 2.26. The first-order chi connectivity index (χ1) is 11.9. The van der Waals surface area contributed by atoms with E-state index >= 15 is 0 Å². The van der Waals surface area contributed by atoms with Crippen LogP contribution in [0.5, 0.6) is 0 Å². The van der Waals surface area contributed by atoms with Crippen molar-refractivity contribution in [2.45, 2.75) is 13.3 Å². The Labute approximate surface area is 148 Å². The third kappa shape index (κ3) is 5.02. The second-order valence-electron chi connectivity index (χ2n) is 5.10. The molecule has 2 aromatic rings.